The lowest BCUT2D eigenvalue weighted by atomic mass is 9.79. The van der Waals surface area contributed by atoms with Gasteiger partial charge in [0, 0.05) is 30.8 Å². The number of amides is 1. The topological polar surface area (TPSA) is 110 Å². The molecule has 0 radical (unpaired) electrons. The number of methoxy groups -OCH3 is 1. The van der Waals surface area contributed by atoms with Crippen LogP contribution in [0, 0.1) is 19.8 Å². The fraction of sp³-hybridized carbons (Fsp3) is 0.536. The first-order valence-corrected chi connectivity index (χ1v) is 12.9. The number of benzene rings is 1. The largest absolute Gasteiger partial charge is 0.497 e. The van der Waals surface area contributed by atoms with Crippen LogP contribution in [0.3, 0.4) is 0 Å². The van der Waals surface area contributed by atoms with Crippen molar-refractivity contribution in [3.63, 3.8) is 0 Å². The van der Waals surface area contributed by atoms with Crippen LogP contribution in [0.25, 0.3) is 0 Å². The molecule has 1 aliphatic carbocycles. The highest BCUT2D eigenvalue weighted by Crippen LogP contribution is 2.34. The summed E-state index contributed by atoms with van der Waals surface area (Å²) < 4.78 is 11.2. The number of anilines is 1. The standard InChI is InChI=1S/C28H37N3O5/c1-17-13-22(35-3)14-18(2)25(17)27(32)31-24(28(33)34)10-12-36-23-15-19(16-23)6-8-21-9-7-20-5-4-11-29-26(20)30-21/h7,9,13-14,19,23-24H,4-6,8,10-12,15-16H2,1-3H3,(H,29,30)(H,31,32)(H,33,34). The number of hydrogen-bond acceptors (Lipinski definition) is 6. The van der Waals surface area contributed by atoms with Crippen LogP contribution >= 0.6 is 0 Å². The average molecular weight is 496 g/mol. The van der Waals surface area contributed by atoms with Gasteiger partial charge in [-0.3, -0.25) is 4.79 Å². The summed E-state index contributed by atoms with van der Waals surface area (Å²) in [5.41, 5.74) is 4.41. The molecule has 1 saturated carbocycles. The van der Waals surface area contributed by atoms with Gasteiger partial charge in [0.25, 0.3) is 5.91 Å². The number of ether oxygens (including phenoxy) is 2. The fourth-order valence-electron chi connectivity index (χ4n) is 5.15. The van der Waals surface area contributed by atoms with Crippen LogP contribution < -0.4 is 15.4 Å². The van der Waals surface area contributed by atoms with E-state index in [1.54, 1.807) is 19.2 Å². The summed E-state index contributed by atoms with van der Waals surface area (Å²) in [5, 5.41) is 15.7. The van der Waals surface area contributed by atoms with Crippen molar-refractivity contribution in [3.05, 3.63) is 52.2 Å². The van der Waals surface area contributed by atoms with Crippen LogP contribution in [0.5, 0.6) is 5.75 Å². The quantitative estimate of drug-likeness (QED) is 0.431. The predicted octanol–water partition coefficient (Wildman–Crippen LogP) is 4.07. The molecule has 1 unspecified atom stereocenters. The highest BCUT2D eigenvalue weighted by Gasteiger charge is 2.30. The molecule has 1 amide bonds. The Morgan fingerprint density at radius 1 is 1.22 bits per heavy atom. The summed E-state index contributed by atoms with van der Waals surface area (Å²) in [5.74, 6) is 0.867. The number of nitrogens with zero attached hydrogens (tertiary/aromatic N) is 1. The highest BCUT2D eigenvalue weighted by molar-refractivity contribution is 5.99. The lowest BCUT2D eigenvalue weighted by Gasteiger charge is -2.35. The minimum atomic E-state index is -1.06. The summed E-state index contributed by atoms with van der Waals surface area (Å²) in [6, 6.07) is 6.88. The van der Waals surface area contributed by atoms with Crippen molar-refractivity contribution in [3.8, 4) is 5.75 Å². The van der Waals surface area contributed by atoms with Crippen LogP contribution in [0.15, 0.2) is 24.3 Å². The second-order valence-electron chi connectivity index (χ2n) is 10.00. The molecule has 1 aromatic heterocycles. The summed E-state index contributed by atoms with van der Waals surface area (Å²) in [7, 11) is 1.57. The number of carboxylic acids is 1. The fourth-order valence-corrected chi connectivity index (χ4v) is 5.15. The van der Waals surface area contributed by atoms with Gasteiger partial charge in [-0.2, -0.15) is 0 Å². The van der Waals surface area contributed by atoms with E-state index >= 15 is 0 Å². The number of fused-ring (bicyclic) bond motifs is 1. The monoisotopic (exact) mass is 495 g/mol. The summed E-state index contributed by atoms with van der Waals surface area (Å²) in [4.78, 5) is 29.3. The van der Waals surface area contributed by atoms with Gasteiger partial charge in [-0.15, -0.1) is 0 Å². The van der Waals surface area contributed by atoms with E-state index in [0.717, 1.165) is 61.3 Å². The number of rotatable bonds is 11. The second kappa shape index (κ2) is 11.7. The number of aromatic nitrogens is 1. The Labute approximate surface area is 212 Å². The zero-order chi connectivity index (χ0) is 25.7. The van der Waals surface area contributed by atoms with Crippen LogP contribution in [-0.4, -0.2) is 54.4 Å². The van der Waals surface area contributed by atoms with E-state index in [1.807, 2.05) is 13.8 Å². The zero-order valence-electron chi connectivity index (χ0n) is 21.4. The number of pyridine rings is 1. The first-order valence-electron chi connectivity index (χ1n) is 12.9. The molecule has 0 saturated heterocycles. The van der Waals surface area contributed by atoms with Crippen molar-refractivity contribution < 1.29 is 24.2 Å². The van der Waals surface area contributed by atoms with E-state index in [9.17, 15) is 14.7 Å². The number of nitrogens with one attached hydrogen (secondary N) is 2. The number of carbonyl (C=O) groups is 2. The molecular formula is C28H37N3O5. The van der Waals surface area contributed by atoms with Crippen LogP contribution in [0.2, 0.25) is 0 Å². The van der Waals surface area contributed by atoms with Crippen LogP contribution in [0.4, 0.5) is 5.82 Å². The number of carbonyl (C=O) groups excluding carboxylic acids is 1. The van der Waals surface area contributed by atoms with Gasteiger partial charge >= 0.3 is 5.97 Å². The van der Waals surface area contributed by atoms with E-state index in [-0.39, 0.29) is 12.5 Å². The third-order valence-corrected chi connectivity index (χ3v) is 7.29. The molecule has 2 aliphatic rings. The molecule has 2 aromatic rings. The Bertz CT molecular complexity index is 1070. The molecule has 194 valence electrons. The number of aliphatic carboxylic acids is 1. The van der Waals surface area contributed by atoms with Crippen LogP contribution in [-0.2, 0) is 22.4 Å². The first kappa shape index (κ1) is 25.9. The number of hydrogen-bond donors (Lipinski definition) is 3. The van der Waals surface area contributed by atoms with Crippen molar-refractivity contribution in [1.29, 1.82) is 0 Å². The van der Waals surface area contributed by atoms with Crippen molar-refractivity contribution in [2.75, 3.05) is 25.6 Å². The molecule has 0 bridgehead atoms. The third-order valence-electron chi connectivity index (χ3n) is 7.29. The number of aryl methyl sites for hydroxylation is 4. The van der Waals surface area contributed by atoms with Crippen molar-refractivity contribution in [1.82, 2.24) is 10.3 Å². The maximum Gasteiger partial charge on any atom is 0.326 e. The minimum Gasteiger partial charge on any atom is -0.497 e. The smallest absolute Gasteiger partial charge is 0.326 e. The zero-order valence-corrected chi connectivity index (χ0v) is 21.4. The SMILES string of the molecule is COc1cc(C)c(C(=O)NC(CCOC2CC(CCc3ccc4c(n3)NCCC4)C2)C(=O)O)c(C)c1. The van der Waals surface area contributed by atoms with Crippen LogP contribution in [0.1, 0.15) is 64.8 Å². The lowest BCUT2D eigenvalue weighted by Crippen LogP contribution is -2.42. The molecular weight excluding hydrogens is 458 g/mol. The molecule has 4 rings (SSSR count). The van der Waals surface area contributed by atoms with Gasteiger partial charge in [0.15, 0.2) is 0 Å². The Morgan fingerprint density at radius 2 is 1.97 bits per heavy atom. The molecule has 2 heterocycles. The molecule has 1 atom stereocenters. The van der Waals surface area contributed by atoms with Crippen molar-refractivity contribution in [2.24, 2.45) is 5.92 Å². The minimum absolute atomic E-state index is 0.157. The Balaban J connectivity index is 1.18. The second-order valence-corrected chi connectivity index (χ2v) is 10.00. The Morgan fingerprint density at radius 3 is 2.67 bits per heavy atom. The Hall–Kier alpha value is -3.13. The van der Waals surface area contributed by atoms with E-state index in [1.165, 1.54) is 12.0 Å². The number of carboxylic acid groups (broad SMARTS) is 1. The molecule has 0 spiro atoms. The normalized spacial score (nSPS) is 19.4. The maximum absolute atomic E-state index is 12.8. The van der Waals surface area contributed by atoms with Gasteiger partial charge < -0.3 is 25.2 Å². The molecule has 1 aliphatic heterocycles. The van der Waals surface area contributed by atoms with E-state index in [0.29, 0.717) is 23.8 Å². The van der Waals surface area contributed by atoms with Gasteiger partial charge in [-0.1, -0.05) is 6.07 Å². The van der Waals surface area contributed by atoms with E-state index in [4.69, 9.17) is 14.5 Å². The Kier molecular flexibility index (Phi) is 8.46. The molecule has 3 N–H and O–H groups in total. The van der Waals surface area contributed by atoms with Gasteiger partial charge in [0.1, 0.15) is 17.6 Å². The molecule has 1 fully saturated rings. The van der Waals surface area contributed by atoms with Crippen molar-refractivity contribution in [2.45, 2.75) is 70.9 Å². The summed E-state index contributed by atoms with van der Waals surface area (Å²) >= 11 is 0. The highest BCUT2D eigenvalue weighted by atomic mass is 16.5. The van der Waals surface area contributed by atoms with Gasteiger partial charge in [-0.25, -0.2) is 9.78 Å². The van der Waals surface area contributed by atoms with E-state index < -0.39 is 17.9 Å². The van der Waals surface area contributed by atoms with E-state index in [2.05, 4.69) is 22.8 Å². The van der Waals surface area contributed by atoms with Gasteiger partial charge in [0.2, 0.25) is 0 Å². The first-order chi connectivity index (χ1) is 17.3. The maximum atomic E-state index is 12.8. The predicted molar refractivity (Wildman–Crippen MR) is 138 cm³/mol. The lowest BCUT2D eigenvalue weighted by molar-refractivity contribution is -0.140. The summed E-state index contributed by atoms with van der Waals surface area (Å²) in [6.07, 6.45) is 6.66. The third kappa shape index (κ3) is 6.35. The molecule has 8 nitrogen and oxygen atoms in total. The van der Waals surface area contributed by atoms with Gasteiger partial charge in [-0.05, 0) is 93.2 Å². The van der Waals surface area contributed by atoms with Gasteiger partial charge in [0.05, 0.1) is 13.2 Å². The average Bonchev–Trinajstić information content (AvgIpc) is 2.83. The van der Waals surface area contributed by atoms with Crippen molar-refractivity contribution >= 4 is 17.7 Å². The molecule has 8 heteroatoms. The molecule has 36 heavy (non-hydrogen) atoms. The molecule has 1 aromatic carbocycles. The summed E-state index contributed by atoms with van der Waals surface area (Å²) in [6.45, 7) is 4.93.